The summed E-state index contributed by atoms with van der Waals surface area (Å²) in [6.07, 6.45) is 6.55. The van der Waals surface area contributed by atoms with Gasteiger partial charge in [0.2, 0.25) is 0 Å². The highest BCUT2D eigenvalue weighted by atomic mass is 79.9. The zero-order chi connectivity index (χ0) is 20.6. The van der Waals surface area contributed by atoms with Crippen LogP contribution in [-0.4, -0.2) is 23.2 Å². The molecule has 0 aliphatic rings. The van der Waals surface area contributed by atoms with Crippen LogP contribution in [0.3, 0.4) is 0 Å². The minimum atomic E-state index is -0.399. The van der Waals surface area contributed by atoms with Crippen molar-refractivity contribution >= 4 is 27.5 Å². The monoisotopic (exact) mass is 481 g/mol. The molecule has 0 fully saturated rings. The zero-order valence-corrected chi connectivity index (χ0v) is 18.3. The van der Waals surface area contributed by atoms with Gasteiger partial charge in [0.25, 0.3) is 0 Å². The molecule has 5 nitrogen and oxygen atoms in total. The Kier molecular flexibility index (Phi) is 7.91. The van der Waals surface area contributed by atoms with Crippen LogP contribution in [0.15, 0.2) is 53.5 Å². The normalized spacial score (nSPS) is 10.9. The molecule has 154 valence electrons. The highest BCUT2D eigenvalue weighted by molar-refractivity contribution is 9.10. The van der Waals surface area contributed by atoms with Gasteiger partial charge in [0, 0.05) is 31.0 Å². The van der Waals surface area contributed by atoms with Crippen molar-refractivity contribution < 1.29 is 13.9 Å². The molecule has 3 rings (SSSR count). The third-order valence-electron chi connectivity index (χ3n) is 4.37. The van der Waals surface area contributed by atoms with Crippen LogP contribution in [-0.2, 0) is 19.7 Å². The summed E-state index contributed by atoms with van der Waals surface area (Å²) in [6, 6.07) is 8.43. The van der Waals surface area contributed by atoms with Gasteiger partial charge < -0.3 is 19.4 Å². The number of ether oxygens (including phenoxy) is 2. The summed E-state index contributed by atoms with van der Waals surface area (Å²) >= 11 is 9.60. The molecule has 2 aromatic carbocycles. The van der Waals surface area contributed by atoms with Crippen LogP contribution < -0.4 is 14.8 Å². The molecule has 8 heteroatoms. The van der Waals surface area contributed by atoms with Gasteiger partial charge in [-0.15, -0.1) is 0 Å². The molecule has 0 amide bonds. The Hall–Kier alpha value is -2.09. The first kappa shape index (κ1) is 21.6. The van der Waals surface area contributed by atoms with E-state index in [0.717, 1.165) is 29.5 Å². The molecule has 1 aromatic heterocycles. The Bertz CT molecular complexity index is 918. The van der Waals surface area contributed by atoms with Gasteiger partial charge in [-0.3, -0.25) is 0 Å². The van der Waals surface area contributed by atoms with Gasteiger partial charge in [-0.05, 0) is 58.7 Å². The lowest BCUT2D eigenvalue weighted by Gasteiger charge is -2.15. The zero-order valence-electron chi connectivity index (χ0n) is 16.0. The lowest BCUT2D eigenvalue weighted by atomic mass is 10.2. The fourth-order valence-electron chi connectivity index (χ4n) is 2.87. The van der Waals surface area contributed by atoms with E-state index in [1.165, 1.54) is 6.07 Å². The molecule has 0 aliphatic carbocycles. The number of aromatic nitrogens is 2. The molecular formula is C21H22BrClFN3O2. The standard InChI is InChI=1S/C21H22BrClFN3O2/c1-28-20-11-15(12-25-6-3-8-27-9-7-26-14-27)10-17(22)21(20)29-13-16-18(23)4-2-5-19(16)24/h2,4-5,7,9-11,14,25H,3,6,8,12-13H2,1H3. The van der Waals surface area contributed by atoms with E-state index in [-0.39, 0.29) is 6.61 Å². The molecule has 0 spiro atoms. The molecule has 3 aromatic rings. The van der Waals surface area contributed by atoms with Gasteiger partial charge in [0.15, 0.2) is 11.5 Å². The fraction of sp³-hybridized carbons (Fsp3) is 0.286. The maximum Gasteiger partial charge on any atom is 0.175 e. The van der Waals surface area contributed by atoms with Crippen molar-refractivity contribution in [2.75, 3.05) is 13.7 Å². The van der Waals surface area contributed by atoms with Gasteiger partial charge in [-0.25, -0.2) is 9.37 Å². The van der Waals surface area contributed by atoms with Crippen molar-refractivity contribution in [1.29, 1.82) is 0 Å². The number of hydrogen-bond acceptors (Lipinski definition) is 4. The summed E-state index contributed by atoms with van der Waals surface area (Å²) in [6.45, 7) is 2.50. The molecule has 0 saturated carbocycles. The number of imidazole rings is 1. The average molecular weight is 483 g/mol. The number of halogens is 3. The first-order valence-electron chi connectivity index (χ1n) is 9.17. The molecule has 29 heavy (non-hydrogen) atoms. The first-order chi connectivity index (χ1) is 14.1. The van der Waals surface area contributed by atoms with Crippen LogP contribution in [0.5, 0.6) is 11.5 Å². The van der Waals surface area contributed by atoms with Gasteiger partial charge in [0.05, 0.1) is 22.9 Å². The van der Waals surface area contributed by atoms with Crippen molar-refractivity contribution in [3.05, 3.63) is 75.5 Å². The minimum absolute atomic E-state index is 0.00626. The summed E-state index contributed by atoms with van der Waals surface area (Å²) in [4.78, 5) is 4.03. The quantitative estimate of drug-likeness (QED) is 0.403. The molecular weight excluding hydrogens is 461 g/mol. The van der Waals surface area contributed by atoms with Crippen molar-refractivity contribution in [2.24, 2.45) is 0 Å². The highest BCUT2D eigenvalue weighted by Gasteiger charge is 2.14. The molecule has 1 heterocycles. The number of benzene rings is 2. The lowest BCUT2D eigenvalue weighted by molar-refractivity contribution is 0.277. The predicted molar refractivity (Wildman–Crippen MR) is 115 cm³/mol. The van der Waals surface area contributed by atoms with Crippen LogP contribution in [0.4, 0.5) is 4.39 Å². The summed E-state index contributed by atoms with van der Waals surface area (Å²) in [5.41, 5.74) is 1.36. The van der Waals surface area contributed by atoms with Gasteiger partial charge in [-0.2, -0.15) is 0 Å². The molecule has 0 aliphatic heterocycles. The lowest BCUT2D eigenvalue weighted by Crippen LogP contribution is -2.16. The Balaban J connectivity index is 1.58. The van der Waals surface area contributed by atoms with Crippen LogP contribution in [0.2, 0.25) is 5.02 Å². The Morgan fingerprint density at radius 1 is 1.31 bits per heavy atom. The maximum absolute atomic E-state index is 14.0. The molecule has 0 radical (unpaired) electrons. The van der Waals surface area contributed by atoms with Crippen molar-refractivity contribution in [3.63, 3.8) is 0 Å². The minimum Gasteiger partial charge on any atom is -0.493 e. The number of rotatable bonds is 10. The van der Waals surface area contributed by atoms with Gasteiger partial charge >= 0.3 is 0 Å². The molecule has 0 bridgehead atoms. The Morgan fingerprint density at radius 3 is 2.90 bits per heavy atom. The summed E-state index contributed by atoms with van der Waals surface area (Å²) in [7, 11) is 1.58. The van der Waals surface area contributed by atoms with Crippen LogP contribution in [0.1, 0.15) is 17.5 Å². The van der Waals surface area contributed by atoms with Gasteiger partial charge in [0.1, 0.15) is 12.4 Å². The number of aryl methyl sites for hydroxylation is 1. The second-order valence-electron chi connectivity index (χ2n) is 6.43. The Labute approximate surface area is 182 Å². The highest BCUT2D eigenvalue weighted by Crippen LogP contribution is 2.37. The summed E-state index contributed by atoms with van der Waals surface area (Å²) in [5, 5.41) is 3.75. The van der Waals surface area contributed by atoms with E-state index in [4.69, 9.17) is 21.1 Å². The van der Waals surface area contributed by atoms with E-state index in [1.807, 2.05) is 24.7 Å². The van der Waals surface area contributed by atoms with E-state index in [0.29, 0.717) is 28.6 Å². The van der Waals surface area contributed by atoms with E-state index in [9.17, 15) is 4.39 Å². The number of nitrogens with one attached hydrogen (secondary N) is 1. The third-order valence-corrected chi connectivity index (χ3v) is 5.31. The summed E-state index contributed by atoms with van der Waals surface area (Å²) in [5.74, 6) is 0.682. The first-order valence-corrected chi connectivity index (χ1v) is 10.3. The second-order valence-corrected chi connectivity index (χ2v) is 7.69. The molecule has 0 unspecified atom stereocenters. The van der Waals surface area contributed by atoms with Crippen LogP contribution >= 0.6 is 27.5 Å². The predicted octanol–water partition coefficient (Wildman–Crippen LogP) is 5.21. The maximum atomic E-state index is 14.0. The summed E-state index contributed by atoms with van der Waals surface area (Å²) < 4.78 is 28.1. The molecule has 0 atom stereocenters. The number of methoxy groups -OCH3 is 1. The Morgan fingerprint density at radius 2 is 2.17 bits per heavy atom. The average Bonchev–Trinajstić information content (AvgIpc) is 3.21. The van der Waals surface area contributed by atoms with Crippen LogP contribution in [0.25, 0.3) is 0 Å². The van der Waals surface area contributed by atoms with Crippen molar-refractivity contribution in [1.82, 2.24) is 14.9 Å². The third kappa shape index (κ3) is 5.95. The molecule has 1 N–H and O–H groups in total. The van der Waals surface area contributed by atoms with E-state index in [2.05, 4.69) is 30.8 Å². The van der Waals surface area contributed by atoms with Gasteiger partial charge in [-0.1, -0.05) is 17.7 Å². The molecule has 0 saturated heterocycles. The van der Waals surface area contributed by atoms with Crippen LogP contribution in [0, 0.1) is 5.82 Å². The van der Waals surface area contributed by atoms with E-state index < -0.39 is 5.82 Å². The second kappa shape index (κ2) is 10.6. The van der Waals surface area contributed by atoms with Crippen molar-refractivity contribution in [3.8, 4) is 11.5 Å². The van der Waals surface area contributed by atoms with Crippen molar-refractivity contribution in [2.45, 2.75) is 26.1 Å². The number of nitrogens with zero attached hydrogens (tertiary/aromatic N) is 2. The largest absolute Gasteiger partial charge is 0.493 e. The SMILES string of the molecule is COc1cc(CNCCCn2ccnc2)cc(Br)c1OCc1c(F)cccc1Cl. The van der Waals surface area contributed by atoms with E-state index >= 15 is 0 Å². The van der Waals surface area contributed by atoms with E-state index in [1.54, 1.807) is 25.4 Å². The topological polar surface area (TPSA) is 48.3 Å². The fourth-order valence-corrected chi connectivity index (χ4v) is 3.69. The number of hydrogen-bond donors (Lipinski definition) is 1. The smallest absolute Gasteiger partial charge is 0.175 e.